The molecule has 2 N–H and O–H groups in total. The van der Waals surface area contributed by atoms with Gasteiger partial charge in [-0.15, -0.1) is 0 Å². The molecule has 1 heterocycles. The molecule has 5 nitrogen and oxygen atoms in total. The van der Waals surface area contributed by atoms with Gasteiger partial charge in [-0.2, -0.15) is 0 Å². The molecule has 2 aliphatic rings. The molecule has 3 unspecified atom stereocenters. The summed E-state index contributed by atoms with van der Waals surface area (Å²) in [6.07, 6.45) is 3.87. The Balaban J connectivity index is 1.69. The van der Waals surface area contributed by atoms with Crippen molar-refractivity contribution in [2.24, 2.45) is 0 Å². The molecule has 0 aromatic carbocycles. The third-order valence-electron chi connectivity index (χ3n) is 3.96. The van der Waals surface area contributed by atoms with Crippen LogP contribution in [0.2, 0.25) is 0 Å². The number of ether oxygens (including phenoxy) is 2. The predicted octanol–water partition coefficient (Wildman–Crippen LogP) is -0.165. The molecular weight excluding hydrogens is 232 g/mol. The van der Waals surface area contributed by atoms with Gasteiger partial charge in [0.15, 0.2) is 0 Å². The Morgan fingerprint density at radius 1 is 1.22 bits per heavy atom. The van der Waals surface area contributed by atoms with Crippen LogP contribution in [-0.4, -0.2) is 74.8 Å². The van der Waals surface area contributed by atoms with E-state index in [1.165, 1.54) is 12.8 Å². The zero-order valence-corrected chi connectivity index (χ0v) is 11.5. The topological polar surface area (TPSA) is 54.0 Å². The maximum absolute atomic E-state index is 9.34. The summed E-state index contributed by atoms with van der Waals surface area (Å²) in [5, 5.41) is 12.8. The van der Waals surface area contributed by atoms with E-state index in [0.29, 0.717) is 6.04 Å². The van der Waals surface area contributed by atoms with Crippen molar-refractivity contribution >= 4 is 0 Å². The molecule has 18 heavy (non-hydrogen) atoms. The van der Waals surface area contributed by atoms with Crippen LogP contribution in [0.25, 0.3) is 0 Å². The number of nitrogens with zero attached hydrogens (tertiary/aromatic N) is 1. The summed E-state index contributed by atoms with van der Waals surface area (Å²) in [5.41, 5.74) is 0. The van der Waals surface area contributed by atoms with Crippen molar-refractivity contribution in [1.29, 1.82) is 0 Å². The van der Waals surface area contributed by atoms with Crippen LogP contribution in [0.1, 0.15) is 19.3 Å². The molecule has 2 rings (SSSR count). The maximum Gasteiger partial charge on any atom is 0.0971 e. The first-order valence-electron chi connectivity index (χ1n) is 6.91. The largest absolute Gasteiger partial charge is 0.395 e. The van der Waals surface area contributed by atoms with Gasteiger partial charge in [-0.3, -0.25) is 4.90 Å². The molecule has 106 valence electrons. The van der Waals surface area contributed by atoms with Gasteiger partial charge in [0.1, 0.15) is 0 Å². The van der Waals surface area contributed by atoms with Crippen LogP contribution in [0.4, 0.5) is 0 Å². The number of hydrogen-bond acceptors (Lipinski definition) is 5. The molecule has 1 aliphatic carbocycles. The number of aliphatic hydroxyl groups excluding tert-OH is 1. The van der Waals surface area contributed by atoms with Crippen LogP contribution in [0, 0.1) is 0 Å². The van der Waals surface area contributed by atoms with Gasteiger partial charge >= 0.3 is 0 Å². The summed E-state index contributed by atoms with van der Waals surface area (Å²) in [6.45, 7) is 3.07. The minimum atomic E-state index is 0.180. The van der Waals surface area contributed by atoms with Crippen molar-refractivity contribution < 1.29 is 14.6 Å². The monoisotopic (exact) mass is 258 g/mol. The molecule has 0 spiro atoms. The van der Waals surface area contributed by atoms with Crippen molar-refractivity contribution in [3.63, 3.8) is 0 Å². The van der Waals surface area contributed by atoms with Gasteiger partial charge in [-0.25, -0.2) is 0 Å². The second kappa shape index (κ2) is 6.82. The lowest BCUT2D eigenvalue weighted by molar-refractivity contribution is -0.00461. The lowest BCUT2D eigenvalue weighted by Crippen LogP contribution is -2.37. The van der Waals surface area contributed by atoms with E-state index in [9.17, 15) is 5.11 Å². The van der Waals surface area contributed by atoms with Crippen LogP contribution >= 0.6 is 0 Å². The average molecular weight is 258 g/mol. The van der Waals surface area contributed by atoms with Gasteiger partial charge in [0.25, 0.3) is 0 Å². The Morgan fingerprint density at radius 3 is 2.28 bits per heavy atom. The van der Waals surface area contributed by atoms with Gasteiger partial charge in [-0.05, 0) is 25.8 Å². The highest BCUT2D eigenvalue weighted by Gasteiger charge is 2.33. The summed E-state index contributed by atoms with van der Waals surface area (Å²) in [7, 11) is 3.48. The molecule has 0 radical (unpaired) electrons. The van der Waals surface area contributed by atoms with E-state index in [1.807, 2.05) is 0 Å². The first-order valence-corrected chi connectivity index (χ1v) is 6.91. The second-order valence-electron chi connectivity index (χ2n) is 5.42. The standard InChI is InChI=1S/C13H26N2O3/c1-17-12-7-15(8-13(12)18-2)6-5-11(9-16)14-10-3-4-10/h10-14,16H,3-9H2,1-2H3. The Hall–Kier alpha value is -0.200. The number of aliphatic hydroxyl groups is 1. The van der Waals surface area contributed by atoms with Crippen molar-refractivity contribution in [1.82, 2.24) is 10.2 Å². The molecule has 0 aromatic heterocycles. The molecule has 5 heteroatoms. The fraction of sp³-hybridized carbons (Fsp3) is 1.00. The van der Waals surface area contributed by atoms with Crippen molar-refractivity contribution in [3.05, 3.63) is 0 Å². The van der Waals surface area contributed by atoms with E-state index in [2.05, 4.69) is 10.2 Å². The SMILES string of the molecule is COC1CN(CCC(CO)NC2CC2)CC1OC. The van der Waals surface area contributed by atoms with Gasteiger partial charge in [0.05, 0.1) is 18.8 Å². The number of hydrogen-bond donors (Lipinski definition) is 2. The average Bonchev–Trinajstić information content (AvgIpc) is 3.12. The van der Waals surface area contributed by atoms with E-state index in [4.69, 9.17) is 9.47 Å². The minimum Gasteiger partial charge on any atom is -0.395 e. The van der Waals surface area contributed by atoms with Crippen LogP contribution in [-0.2, 0) is 9.47 Å². The maximum atomic E-state index is 9.34. The molecule has 0 bridgehead atoms. The van der Waals surface area contributed by atoms with Crippen molar-refractivity contribution in [2.45, 2.75) is 43.6 Å². The molecule has 2 fully saturated rings. The Bertz CT molecular complexity index is 236. The van der Waals surface area contributed by atoms with Gasteiger partial charge in [0.2, 0.25) is 0 Å². The van der Waals surface area contributed by atoms with Crippen molar-refractivity contribution in [3.8, 4) is 0 Å². The van der Waals surface area contributed by atoms with E-state index >= 15 is 0 Å². The molecule has 1 saturated carbocycles. The van der Waals surface area contributed by atoms with Crippen LogP contribution in [0.3, 0.4) is 0 Å². The summed E-state index contributed by atoms with van der Waals surface area (Å²) < 4.78 is 10.8. The molecule has 1 saturated heterocycles. The summed E-state index contributed by atoms with van der Waals surface area (Å²) in [5.74, 6) is 0. The first kappa shape index (κ1) is 14.2. The fourth-order valence-corrected chi connectivity index (χ4v) is 2.60. The van der Waals surface area contributed by atoms with Crippen LogP contribution < -0.4 is 5.32 Å². The fourth-order valence-electron chi connectivity index (χ4n) is 2.60. The van der Waals surface area contributed by atoms with E-state index < -0.39 is 0 Å². The first-order chi connectivity index (χ1) is 8.76. The lowest BCUT2D eigenvalue weighted by atomic mass is 10.2. The molecule has 0 aromatic rings. The van der Waals surface area contributed by atoms with Crippen LogP contribution in [0.5, 0.6) is 0 Å². The minimum absolute atomic E-state index is 0.180. The molecule has 1 aliphatic heterocycles. The number of nitrogens with one attached hydrogen (secondary N) is 1. The highest BCUT2D eigenvalue weighted by Crippen LogP contribution is 2.20. The van der Waals surface area contributed by atoms with Gasteiger partial charge in [0, 0.05) is 39.4 Å². The molecular formula is C13H26N2O3. The molecule has 3 atom stereocenters. The highest BCUT2D eigenvalue weighted by atomic mass is 16.5. The Labute approximate surface area is 109 Å². The Kier molecular flexibility index (Phi) is 5.38. The van der Waals surface area contributed by atoms with Crippen LogP contribution in [0.15, 0.2) is 0 Å². The highest BCUT2D eigenvalue weighted by molar-refractivity contribution is 4.88. The third-order valence-corrected chi connectivity index (χ3v) is 3.96. The Morgan fingerprint density at radius 2 is 1.83 bits per heavy atom. The summed E-state index contributed by atoms with van der Waals surface area (Å²) in [4.78, 5) is 2.36. The normalized spacial score (nSPS) is 30.8. The lowest BCUT2D eigenvalue weighted by Gasteiger charge is -2.20. The van der Waals surface area contributed by atoms with E-state index in [-0.39, 0.29) is 24.9 Å². The number of rotatable bonds is 8. The predicted molar refractivity (Wildman–Crippen MR) is 69.7 cm³/mol. The zero-order valence-electron chi connectivity index (χ0n) is 11.5. The third kappa shape index (κ3) is 3.90. The van der Waals surface area contributed by atoms with E-state index in [1.54, 1.807) is 14.2 Å². The van der Waals surface area contributed by atoms with E-state index in [0.717, 1.165) is 26.1 Å². The smallest absolute Gasteiger partial charge is 0.0971 e. The van der Waals surface area contributed by atoms with Gasteiger partial charge < -0.3 is 19.9 Å². The number of methoxy groups -OCH3 is 2. The summed E-state index contributed by atoms with van der Waals surface area (Å²) in [6, 6.07) is 0.888. The molecule has 0 amide bonds. The second-order valence-corrected chi connectivity index (χ2v) is 5.42. The number of likely N-dealkylation sites (tertiary alicyclic amines) is 1. The van der Waals surface area contributed by atoms with Gasteiger partial charge in [-0.1, -0.05) is 0 Å². The quantitative estimate of drug-likeness (QED) is 0.633. The zero-order chi connectivity index (χ0) is 13.0. The van der Waals surface area contributed by atoms with Crippen molar-refractivity contribution in [2.75, 3.05) is 40.5 Å². The summed E-state index contributed by atoms with van der Waals surface area (Å²) >= 11 is 0.